The van der Waals surface area contributed by atoms with Crippen LogP contribution < -0.4 is 4.90 Å². The number of carbonyl (C=O) groups excluding carboxylic acids is 1. The molecule has 2 rings (SSSR count). The fourth-order valence-electron chi connectivity index (χ4n) is 3.72. The van der Waals surface area contributed by atoms with E-state index in [-0.39, 0.29) is 41.6 Å². The summed E-state index contributed by atoms with van der Waals surface area (Å²) in [5, 5.41) is 12.3. The Hall–Kier alpha value is -1.81. The molecule has 0 spiro atoms. The van der Waals surface area contributed by atoms with Gasteiger partial charge in [0.05, 0.1) is 34.1 Å². The molecule has 0 bridgehead atoms. The number of amides is 1. The Bertz CT molecular complexity index is 1140. The van der Waals surface area contributed by atoms with Gasteiger partial charge in [0.25, 0.3) is 21.7 Å². The highest BCUT2D eigenvalue weighted by molar-refractivity contribution is 9.09. The Morgan fingerprint density at radius 2 is 1.77 bits per heavy atom. The minimum absolute atomic E-state index is 0.0223. The fraction of sp³-hybridized carbons (Fsp3) is 0.650. The van der Waals surface area contributed by atoms with E-state index in [4.69, 9.17) is 4.18 Å². The van der Waals surface area contributed by atoms with Gasteiger partial charge in [-0.1, -0.05) is 29.8 Å². The number of sulfone groups is 1. The normalized spacial score (nSPS) is 15.3. The van der Waals surface area contributed by atoms with E-state index in [1.54, 1.807) is 0 Å². The van der Waals surface area contributed by atoms with Crippen LogP contribution in [0.4, 0.5) is 11.4 Å². The zero-order valence-corrected chi connectivity index (χ0v) is 23.2. The van der Waals surface area contributed by atoms with Gasteiger partial charge in [-0.15, -0.1) is 0 Å². The van der Waals surface area contributed by atoms with E-state index < -0.39 is 36.5 Å². The first kappa shape index (κ1) is 29.4. The van der Waals surface area contributed by atoms with Crippen molar-refractivity contribution >= 4 is 53.2 Å². The number of hydrogen-bond donors (Lipinski definition) is 0. The molecule has 0 unspecified atom stereocenters. The smallest absolute Gasteiger partial charge is 0.283 e. The Labute approximate surface area is 214 Å². The lowest BCUT2D eigenvalue weighted by atomic mass is 10.1. The average Bonchev–Trinajstić information content (AvgIpc) is 2.81. The van der Waals surface area contributed by atoms with E-state index in [0.717, 1.165) is 18.9 Å². The molecule has 0 aromatic heterocycles. The Morgan fingerprint density at radius 3 is 2.26 bits per heavy atom. The van der Waals surface area contributed by atoms with Crippen LogP contribution in [0.15, 0.2) is 17.0 Å². The molecule has 1 aliphatic rings. The first-order chi connectivity index (χ1) is 16.3. The second-order valence-electron chi connectivity index (χ2n) is 7.93. The van der Waals surface area contributed by atoms with Crippen molar-refractivity contribution in [2.24, 2.45) is 0 Å². The zero-order chi connectivity index (χ0) is 26.4. The molecule has 0 radical (unpaired) electrons. The second-order valence-corrected chi connectivity index (χ2v) is 12.6. The summed E-state index contributed by atoms with van der Waals surface area (Å²) in [7, 11) is -7.66. The molecule has 0 saturated carbocycles. The van der Waals surface area contributed by atoms with Crippen molar-refractivity contribution in [3.63, 3.8) is 0 Å². The maximum atomic E-state index is 13.4. The molecule has 1 aliphatic heterocycles. The molecule has 12 nitrogen and oxygen atoms in total. The Balaban J connectivity index is 2.61. The first-order valence-corrected chi connectivity index (χ1v) is 15.7. The molecule has 1 fully saturated rings. The second kappa shape index (κ2) is 12.4. The van der Waals surface area contributed by atoms with E-state index in [2.05, 4.69) is 20.8 Å². The highest BCUT2D eigenvalue weighted by atomic mass is 79.9. The molecule has 0 atom stereocenters. The van der Waals surface area contributed by atoms with Crippen LogP contribution in [0.3, 0.4) is 0 Å². The number of nitro benzene ring substituents is 1. The standard InChI is InChI=1S/C20H31BrN4O8S2/c1-4-22-8-10-24(11-9-22)20(26)16-14-18(23(7-6-21)12-13-33-34(3,29)30)19(35(31,32)5-2)15-17(16)25(27)28/h14-15H,4-13H2,1-3H3. The van der Waals surface area contributed by atoms with E-state index in [1.165, 1.54) is 22.8 Å². The van der Waals surface area contributed by atoms with Crippen LogP contribution in [-0.2, 0) is 24.1 Å². The van der Waals surface area contributed by atoms with Crippen molar-refractivity contribution < 1.29 is 30.7 Å². The van der Waals surface area contributed by atoms with Gasteiger partial charge in [0.15, 0.2) is 9.84 Å². The van der Waals surface area contributed by atoms with Gasteiger partial charge in [-0.05, 0) is 12.6 Å². The minimum Gasteiger partial charge on any atom is -0.367 e. The van der Waals surface area contributed by atoms with Gasteiger partial charge in [0.1, 0.15) is 5.56 Å². The Kier molecular flexibility index (Phi) is 10.4. The SMILES string of the molecule is CCN1CCN(C(=O)c2cc(N(CCBr)CCOS(C)(=O)=O)c(S(=O)(=O)CC)cc2[N+](=O)[O-])CC1. The van der Waals surface area contributed by atoms with Crippen LogP contribution in [0.25, 0.3) is 0 Å². The van der Waals surface area contributed by atoms with Gasteiger partial charge in [-0.2, -0.15) is 8.42 Å². The van der Waals surface area contributed by atoms with Crippen molar-refractivity contribution in [2.75, 3.05) is 74.7 Å². The van der Waals surface area contributed by atoms with Crippen molar-refractivity contribution in [3.8, 4) is 0 Å². The highest BCUT2D eigenvalue weighted by Crippen LogP contribution is 2.34. The number of rotatable bonds is 12. The summed E-state index contributed by atoms with van der Waals surface area (Å²) < 4.78 is 53.4. The number of halogens is 1. The minimum atomic E-state index is -3.93. The molecule has 1 aromatic rings. The Morgan fingerprint density at radius 1 is 1.14 bits per heavy atom. The number of nitrogens with zero attached hydrogens (tertiary/aromatic N) is 4. The van der Waals surface area contributed by atoms with Crippen LogP contribution in [0.5, 0.6) is 0 Å². The summed E-state index contributed by atoms with van der Waals surface area (Å²) >= 11 is 3.29. The summed E-state index contributed by atoms with van der Waals surface area (Å²) in [6.07, 6.45) is 0.899. The molecule has 1 amide bonds. The lowest BCUT2D eigenvalue weighted by Crippen LogP contribution is -2.48. The van der Waals surface area contributed by atoms with E-state index in [1.807, 2.05) is 6.92 Å². The van der Waals surface area contributed by atoms with Gasteiger partial charge < -0.3 is 14.7 Å². The topological polar surface area (TPSA) is 147 Å². The van der Waals surface area contributed by atoms with Crippen LogP contribution >= 0.6 is 15.9 Å². The van der Waals surface area contributed by atoms with Crippen LogP contribution in [-0.4, -0.2) is 107 Å². The lowest BCUT2D eigenvalue weighted by molar-refractivity contribution is -0.385. The van der Waals surface area contributed by atoms with Crippen molar-refractivity contribution in [2.45, 2.75) is 18.7 Å². The molecule has 0 N–H and O–H groups in total. The zero-order valence-electron chi connectivity index (χ0n) is 20.0. The van der Waals surface area contributed by atoms with Gasteiger partial charge in [-0.25, -0.2) is 8.42 Å². The predicted molar refractivity (Wildman–Crippen MR) is 136 cm³/mol. The van der Waals surface area contributed by atoms with Gasteiger partial charge in [-0.3, -0.25) is 19.1 Å². The number of hydrogen-bond acceptors (Lipinski definition) is 10. The van der Waals surface area contributed by atoms with Crippen LogP contribution in [0.1, 0.15) is 24.2 Å². The maximum Gasteiger partial charge on any atom is 0.283 e. The molecule has 15 heteroatoms. The number of likely N-dealkylation sites (N-methyl/N-ethyl adjacent to an activating group) is 1. The number of anilines is 1. The van der Waals surface area contributed by atoms with Crippen molar-refractivity contribution in [1.82, 2.24) is 9.80 Å². The number of alkyl halides is 1. The maximum absolute atomic E-state index is 13.4. The third kappa shape index (κ3) is 7.84. The van der Waals surface area contributed by atoms with Crippen LogP contribution in [0.2, 0.25) is 0 Å². The average molecular weight is 600 g/mol. The monoisotopic (exact) mass is 598 g/mol. The third-order valence-corrected chi connectivity index (χ3v) is 8.39. The summed E-state index contributed by atoms with van der Waals surface area (Å²) in [4.78, 5) is 29.4. The fourth-order valence-corrected chi connectivity index (χ4v) is 5.64. The molecule has 35 heavy (non-hydrogen) atoms. The summed E-state index contributed by atoms with van der Waals surface area (Å²) in [5.41, 5.74) is -0.715. The molecule has 1 saturated heterocycles. The van der Waals surface area contributed by atoms with E-state index in [9.17, 15) is 31.7 Å². The highest BCUT2D eigenvalue weighted by Gasteiger charge is 2.32. The molecule has 1 heterocycles. The summed E-state index contributed by atoms with van der Waals surface area (Å²) in [6, 6.07) is 2.17. The van der Waals surface area contributed by atoms with Gasteiger partial charge in [0, 0.05) is 50.7 Å². The first-order valence-electron chi connectivity index (χ1n) is 11.1. The number of benzene rings is 1. The number of carbonyl (C=O) groups is 1. The van der Waals surface area contributed by atoms with Gasteiger partial charge >= 0.3 is 0 Å². The quantitative estimate of drug-likeness (QED) is 0.149. The molecule has 0 aliphatic carbocycles. The van der Waals surface area contributed by atoms with Crippen molar-refractivity contribution in [3.05, 3.63) is 27.8 Å². The summed E-state index contributed by atoms with van der Waals surface area (Å²) in [5.74, 6) is -0.869. The molecular weight excluding hydrogens is 568 g/mol. The van der Waals surface area contributed by atoms with Gasteiger partial charge in [0.2, 0.25) is 0 Å². The molecule has 1 aromatic carbocycles. The predicted octanol–water partition coefficient (Wildman–Crippen LogP) is 1.34. The largest absolute Gasteiger partial charge is 0.367 e. The van der Waals surface area contributed by atoms with E-state index >= 15 is 0 Å². The molecule has 198 valence electrons. The van der Waals surface area contributed by atoms with Crippen LogP contribution in [0, 0.1) is 10.1 Å². The third-order valence-electron chi connectivity index (χ3n) is 5.68. The molecular formula is C20H31BrN4O8S2. The van der Waals surface area contributed by atoms with E-state index in [0.29, 0.717) is 31.5 Å². The van der Waals surface area contributed by atoms with Crippen molar-refractivity contribution in [1.29, 1.82) is 0 Å². The lowest BCUT2D eigenvalue weighted by Gasteiger charge is -2.34. The number of nitro groups is 1. The number of piperazine rings is 1. The summed E-state index contributed by atoms with van der Waals surface area (Å²) in [6.45, 7) is 6.23.